The molecule has 1 rings (SSSR count). The van der Waals surface area contributed by atoms with Gasteiger partial charge in [-0.15, -0.1) is 0 Å². The van der Waals surface area contributed by atoms with E-state index in [1.807, 2.05) is 13.8 Å². The summed E-state index contributed by atoms with van der Waals surface area (Å²) in [4.78, 5) is 8.92. The second-order valence-electron chi connectivity index (χ2n) is 4.55. The van der Waals surface area contributed by atoms with E-state index in [9.17, 15) is 13.2 Å². The lowest BCUT2D eigenvalue weighted by atomic mass is 10.3. The van der Waals surface area contributed by atoms with Crippen LogP contribution in [-0.4, -0.2) is 42.8 Å². The first-order valence-corrected chi connectivity index (χ1v) is 6.79. The van der Waals surface area contributed by atoms with Gasteiger partial charge in [0.25, 0.3) is 0 Å². The van der Waals surface area contributed by atoms with E-state index in [1.54, 1.807) is 18.9 Å². The van der Waals surface area contributed by atoms with Gasteiger partial charge in [0.2, 0.25) is 5.82 Å². The number of hydrogen-bond acceptors (Lipinski definition) is 5. The first-order chi connectivity index (χ1) is 9.83. The van der Waals surface area contributed by atoms with Crippen LogP contribution in [0.1, 0.15) is 26.6 Å². The predicted octanol–water partition coefficient (Wildman–Crippen LogP) is 2.79. The van der Waals surface area contributed by atoms with Crippen molar-refractivity contribution in [1.82, 2.24) is 9.97 Å². The smallest absolute Gasteiger partial charge is 0.383 e. The minimum atomic E-state index is -4.58. The molecule has 1 unspecified atom stereocenters. The van der Waals surface area contributed by atoms with E-state index in [1.165, 1.54) is 6.07 Å². The molecule has 0 saturated carbocycles. The van der Waals surface area contributed by atoms with E-state index >= 15 is 0 Å². The molecule has 8 heteroatoms. The van der Waals surface area contributed by atoms with Crippen LogP contribution < -0.4 is 10.2 Å². The summed E-state index contributed by atoms with van der Waals surface area (Å²) >= 11 is 0. The van der Waals surface area contributed by atoms with Crippen LogP contribution in [0.4, 0.5) is 24.8 Å². The number of alkyl halides is 3. The number of likely N-dealkylation sites (N-methyl/N-ethyl adjacent to an activating group) is 1. The Hall–Kier alpha value is -1.57. The van der Waals surface area contributed by atoms with E-state index < -0.39 is 12.0 Å². The third-order valence-corrected chi connectivity index (χ3v) is 2.90. The molecule has 0 bridgehead atoms. The van der Waals surface area contributed by atoms with E-state index in [4.69, 9.17) is 4.74 Å². The highest BCUT2D eigenvalue weighted by atomic mass is 19.4. The second-order valence-corrected chi connectivity index (χ2v) is 4.55. The number of nitrogens with zero attached hydrogens (tertiary/aromatic N) is 3. The van der Waals surface area contributed by atoms with Crippen LogP contribution in [0.3, 0.4) is 0 Å². The maximum Gasteiger partial charge on any atom is 0.451 e. The van der Waals surface area contributed by atoms with Gasteiger partial charge in [-0.3, -0.25) is 0 Å². The molecule has 0 aromatic carbocycles. The Balaban J connectivity index is 3.22. The molecule has 1 atom stereocenters. The minimum absolute atomic E-state index is 0.0922. The highest BCUT2D eigenvalue weighted by Crippen LogP contribution is 2.29. The fourth-order valence-corrected chi connectivity index (χ4v) is 2.01. The number of anilines is 2. The molecule has 120 valence electrons. The molecule has 1 heterocycles. The fraction of sp³-hybridized carbons (Fsp3) is 0.692. The highest BCUT2D eigenvalue weighted by Gasteiger charge is 2.36. The van der Waals surface area contributed by atoms with Crippen molar-refractivity contribution in [2.45, 2.75) is 33.0 Å². The number of hydrogen-bond donors (Lipinski definition) is 1. The van der Waals surface area contributed by atoms with Crippen LogP contribution in [0, 0.1) is 0 Å². The van der Waals surface area contributed by atoms with Gasteiger partial charge in [0.15, 0.2) is 0 Å². The van der Waals surface area contributed by atoms with Crippen LogP contribution in [0.2, 0.25) is 0 Å². The van der Waals surface area contributed by atoms with Crippen LogP contribution in [0.15, 0.2) is 6.07 Å². The second kappa shape index (κ2) is 7.44. The summed E-state index contributed by atoms with van der Waals surface area (Å²) in [5.41, 5.74) is 0. The van der Waals surface area contributed by atoms with E-state index in [0.717, 1.165) is 0 Å². The molecule has 5 nitrogen and oxygen atoms in total. The Labute approximate surface area is 122 Å². The number of ether oxygens (including phenoxy) is 1. The van der Waals surface area contributed by atoms with Gasteiger partial charge in [0.1, 0.15) is 11.6 Å². The number of aromatic nitrogens is 2. The SMILES string of the molecule is CCNc1cc(N(CC)C(C)COC)nc(C(F)(F)F)n1. The fourth-order valence-electron chi connectivity index (χ4n) is 2.01. The zero-order valence-corrected chi connectivity index (χ0v) is 12.7. The van der Waals surface area contributed by atoms with E-state index in [-0.39, 0.29) is 17.7 Å². The quantitative estimate of drug-likeness (QED) is 0.839. The zero-order chi connectivity index (χ0) is 16.0. The van der Waals surface area contributed by atoms with Gasteiger partial charge in [-0.25, -0.2) is 9.97 Å². The van der Waals surface area contributed by atoms with Crippen molar-refractivity contribution < 1.29 is 17.9 Å². The van der Waals surface area contributed by atoms with Crippen LogP contribution in [-0.2, 0) is 10.9 Å². The van der Waals surface area contributed by atoms with Crippen LogP contribution in [0.5, 0.6) is 0 Å². The Kier molecular flexibility index (Phi) is 6.19. The summed E-state index contributed by atoms with van der Waals surface area (Å²) in [5, 5.41) is 2.80. The first-order valence-electron chi connectivity index (χ1n) is 6.79. The van der Waals surface area contributed by atoms with Crippen molar-refractivity contribution in [3.8, 4) is 0 Å². The molecule has 0 saturated heterocycles. The van der Waals surface area contributed by atoms with Crippen molar-refractivity contribution in [3.05, 3.63) is 11.9 Å². The van der Waals surface area contributed by atoms with Crippen molar-refractivity contribution in [2.24, 2.45) is 0 Å². The highest BCUT2D eigenvalue weighted by molar-refractivity contribution is 5.50. The molecule has 1 aromatic rings. The molecule has 0 aliphatic carbocycles. The van der Waals surface area contributed by atoms with E-state index in [0.29, 0.717) is 19.7 Å². The normalized spacial score (nSPS) is 13.1. The molecule has 0 spiro atoms. The zero-order valence-electron chi connectivity index (χ0n) is 12.7. The summed E-state index contributed by atoms with van der Waals surface area (Å²) in [6, 6.07) is 1.43. The average Bonchev–Trinajstić information content (AvgIpc) is 2.39. The molecule has 0 aliphatic rings. The van der Waals surface area contributed by atoms with Gasteiger partial charge in [-0.1, -0.05) is 0 Å². The van der Waals surface area contributed by atoms with Gasteiger partial charge in [-0.05, 0) is 20.8 Å². The van der Waals surface area contributed by atoms with Gasteiger partial charge < -0.3 is 15.0 Å². The molecule has 0 amide bonds. The Morgan fingerprint density at radius 1 is 1.33 bits per heavy atom. The van der Waals surface area contributed by atoms with Gasteiger partial charge in [-0.2, -0.15) is 13.2 Å². The number of nitrogens with one attached hydrogen (secondary N) is 1. The molecule has 0 aliphatic heterocycles. The Morgan fingerprint density at radius 3 is 2.48 bits per heavy atom. The molecule has 1 N–H and O–H groups in total. The third-order valence-electron chi connectivity index (χ3n) is 2.90. The molecular weight excluding hydrogens is 285 g/mol. The topological polar surface area (TPSA) is 50.3 Å². The van der Waals surface area contributed by atoms with Gasteiger partial charge in [0, 0.05) is 26.3 Å². The lowest BCUT2D eigenvalue weighted by Gasteiger charge is -2.29. The first kappa shape index (κ1) is 17.5. The summed E-state index contributed by atoms with van der Waals surface area (Å²) in [7, 11) is 1.55. The third kappa shape index (κ3) is 4.73. The van der Waals surface area contributed by atoms with Gasteiger partial charge >= 0.3 is 6.18 Å². The van der Waals surface area contributed by atoms with Crippen molar-refractivity contribution >= 4 is 11.6 Å². The lowest BCUT2D eigenvalue weighted by Crippen LogP contribution is -2.37. The van der Waals surface area contributed by atoms with E-state index in [2.05, 4.69) is 15.3 Å². The van der Waals surface area contributed by atoms with Crippen molar-refractivity contribution in [2.75, 3.05) is 37.0 Å². The van der Waals surface area contributed by atoms with Gasteiger partial charge in [0.05, 0.1) is 12.6 Å². The molecule has 0 fully saturated rings. The molecule has 1 aromatic heterocycles. The van der Waals surface area contributed by atoms with Crippen molar-refractivity contribution in [3.63, 3.8) is 0 Å². The average molecular weight is 306 g/mol. The summed E-state index contributed by atoms with van der Waals surface area (Å²) in [6.45, 7) is 6.91. The maximum absolute atomic E-state index is 12.9. The summed E-state index contributed by atoms with van der Waals surface area (Å²) in [5.74, 6) is -0.739. The minimum Gasteiger partial charge on any atom is -0.383 e. The number of halogens is 3. The summed E-state index contributed by atoms with van der Waals surface area (Å²) in [6.07, 6.45) is -4.58. The maximum atomic E-state index is 12.9. The lowest BCUT2D eigenvalue weighted by molar-refractivity contribution is -0.144. The van der Waals surface area contributed by atoms with Crippen LogP contribution in [0.25, 0.3) is 0 Å². The molecule has 0 radical (unpaired) electrons. The predicted molar refractivity (Wildman–Crippen MR) is 75.6 cm³/mol. The standard InChI is InChI=1S/C13H21F3N4O/c1-5-17-10-7-11(19-12(18-10)13(14,15)16)20(6-2)9(3)8-21-4/h7,9H,5-6,8H2,1-4H3,(H,17,18,19). The molecular formula is C13H21F3N4O. The Morgan fingerprint density at radius 2 is 2.00 bits per heavy atom. The number of methoxy groups -OCH3 is 1. The monoisotopic (exact) mass is 306 g/mol. The molecule has 21 heavy (non-hydrogen) atoms. The van der Waals surface area contributed by atoms with Crippen LogP contribution >= 0.6 is 0 Å². The Bertz CT molecular complexity index is 454. The summed E-state index contributed by atoms with van der Waals surface area (Å²) < 4.78 is 43.8. The van der Waals surface area contributed by atoms with Crippen molar-refractivity contribution in [1.29, 1.82) is 0 Å². The largest absolute Gasteiger partial charge is 0.451 e. The number of rotatable bonds is 7.